The zero-order valence-corrected chi connectivity index (χ0v) is 21.1. The number of benzene rings is 2. The number of ether oxygens (including phenoxy) is 2. The summed E-state index contributed by atoms with van der Waals surface area (Å²) < 4.78 is 30.0. The summed E-state index contributed by atoms with van der Waals surface area (Å²) in [5.74, 6) is 2.43. The summed E-state index contributed by atoms with van der Waals surface area (Å²) in [5.41, 5.74) is 3.24. The minimum atomic E-state index is -0.455. The first-order chi connectivity index (χ1) is 17.5. The molecule has 0 spiro atoms. The van der Waals surface area contributed by atoms with E-state index in [1.54, 1.807) is 6.07 Å². The zero-order valence-electron chi connectivity index (χ0n) is 20.3. The van der Waals surface area contributed by atoms with Gasteiger partial charge in [-0.2, -0.15) is 0 Å². The van der Waals surface area contributed by atoms with E-state index in [-0.39, 0.29) is 35.0 Å². The van der Waals surface area contributed by atoms with Crippen LogP contribution in [0.25, 0.3) is 10.9 Å². The molecule has 0 bridgehead atoms. The second kappa shape index (κ2) is 11.3. The molecule has 8 nitrogen and oxygen atoms in total. The number of nitrogens with zero attached hydrogens (tertiary/aromatic N) is 3. The van der Waals surface area contributed by atoms with E-state index in [0.717, 1.165) is 46.5 Å². The molecule has 190 valence electrons. The lowest BCUT2D eigenvalue weighted by Crippen LogP contribution is -2.41. The lowest BCUT2D eigenvalue weighted by molar-refractivity contribution is -0.124. The van der Waals surface area contributed by atoms with Gasteiger partial charge in [-0.25, -0.2) is 18.7 Å². The van der Waals surface area contributed by atoms with Crippen LogP contribution in [0.2, 0.25) is 0 Å². The number of anilines is 2. The molecule has 10 heteroatoms. The average Bonchev–Trinajstić information content (AvgIpc) is 3.38. The molecule has 1 aromatic heterocycles. The van der Waals surface area contributed by atoms with Gasteiger partial charge in [0.2, 0.25) is 0 Å². The second-order valence-corrected chi connectivity index (χ2v) is 11.0. The third-order valence-corrected chi connectivity index (χ3v) is 8.30. The number of carbonyl (C=O) groups is 1. The van der Waals surface area contributed by atoms with Crippen LogP contribution in [0.3, 0.4) is 0 Å². The van der Waals surface area contributed by atoms with Crippen molar-refractivity contribution >= 4 is 44.7 Å². The summed E-state index contributed by atoms with van der Waals surface area (Å²) in [4.78, 5) is 21.3. The lowest BCUT2D eigenvalue weighted by Gasteiger charge is -2.23. The average molecular weight is 512 g/mol. The molecular weight excluding hydrogens is 481 g/mol. The number of aromatic nitrogens is 2. The number of carbonyl (C=O) groups excluding carboxylic acids is 1. The SMILES string of the molecule is Cc1cc(N=S2CCCC2)cc2ncnc(Nc3ccc(F)cc3OCC(=O)NC3CCOCC3)c12. The van der Waals surface area contributed by atoms with Crippen molar-refractivity contribution in [3.63, 3.8) is 0 Å². The van der Waals surface area contributed by atoms with Gasteiger partial charge in [0.05, 0.1) is 16.9 Å². The largest absolute Gasteiger partial charge is 0.481 e. The fourth-order valence-corrected chi connectivity index (χ4v) is 6.37. The molecule has 0 radical (unpaired) electrons. The number of fused-ring (bicyclic) bond motifs is 1. The van der Waals surface area contributed by atoms with Gasteiger partial charge in [-0.1, -0.05) is 10.7 Å². The predicted molar refractivity (Wildman–Crippen MR) is 140 cm³/mol. The van der Waals surface area contributed by atoms with Crippen molar-refractivity contribution in [3.8, 4) is 5.75 Å². The van der Waals surface area contributed by atoms with Crippen molar-refractivity contribution in [3.05, 3.63) is 48.0 Å². The first kappa shape index (κ1) is 24.6. The molecule has 1 amide bonds. The topological polar surface area (TPSA) is 97.7 Å². The number of rotatable bonds is 7. The van der Waals surface area contributed by atoms with Crippen molar-refractivity contribution in [2.75, 3.05) is 36.6 Å². The Bertz CT molecular complexity index is 1290. The summed E-state index contributed by atoms with van der Waals surface area (Å²) in [6, 6.07) is 8.30. The van der Waals surface area contributed by atoms with E-state index in [9.17, 15) is 9.18 Å². The van der Waals surface area contributed by atoms with Crippen LogP contribution >= 0.6 is 0 Å². The van der Waals surface area contributed by atoms with E-state index >= 15 is 0 Å². The fourth-order valence-electron chi connectivity index (χ4n) is 4.50. The molecule has 2 aromatic carbocycles. The van der Waals surface area contributed by atoms with Crippen LogP contribution in [0.15, 0.2) is 41.0 Å². The van der Waals surface area contributed by atoms with Crippen molar-refractivity contribution in [1.29, 1.82) is 0 Å². The van der Waals surface area contributed by atoms with Crippen LogP contribution in [-0.4, -0.2) is 53.2 Å². The fraction of sp³-hybridized carbons (Fsp3) is 0.423. The Kier molecular flexibility index (Phi) is 7.72. The first-order valence-corrected chi connectivity index (χ1v) is 13.8. The molecule has 2 aliphatic heterocycles. The molecule has 36 heavy (non-hydrogen) atoms. The number of halogens is 1. The molecule has 0 saturated carbocycles. The quantitative estimate of drug-likeness (QED) is 0.476. The maximum atomic E-state index is 14.1. The van der Waals surface area contributed by atoms with Crippen molar-refractivity contribution in [2.24, 2.45) is 4.36 Å². The van der Waals surface area contributed by atoms with E-state index in [4.69, 9.17) is 13.8 Å². The van der Waals surface area contributed by atoms with E-state index in [0.29, 0.717) is 24.7 Å². The third kappa shape index (κ3) is 5.99. The standard InChI is InChI=1S/C26H30FN5O3S/c1-17-12-20(32-36-10-2-3-11-36)14-22-25(17)26(29-16-28-22)31-21-5-4-18(27)13-23(21)35-15-24(33)30-19-6-8-34-9-7-19/h4-5,12-14,16,19H,2-3,6-11,15H2,1H3,(H,30,33)(H,28,29,31). The number of hydrogen-bond acceptors (Lipinski definition) is 7. The van der Waals surface area contributed by atoms with Crippen LogP contribution < -0.4 is 15.4 Å². The molecule has 5 rings (SSSR count). The number of hydrogen-bond donors (Lipinski definition) is 2. The Morgan fingerprint density at radius 3 is 2.81 bits per heavy atom. The molecule has 2 aliphatic rings. The summed E-state index contributed by atoms with van der Waals surface area (Å²) in [5, 5.41) is 7.07. The Labute approximate surface area is 212 Å². The van der Waals surface area contributed by atoms with Crippen LogP contribution in [0, 0.1) is 12.7 Å². The maximum Gasteiger partial charge on any atom is 0.258 e. The Balaban J connectivity index is 1.35. The van der Waals surface area contributed by atoms with Gasteiger partial charge in [0, 0.05) is 42.2 Å². The van der Waals surface area contributed by atoms with Gasteiger partial charge in [0.1, 0.15) is 23.7 Å². The van der Waals surface area contributed by atoms with Crippen molar-refractivity contribution in [1.82, 2.24) is 15.3 Å². The van der Waals surface area contributed by atoms with Crippen molar-refractivity contribution < 1.29 is 18.7 Å². The van der Waals surface area contributed by atoms with Crippen LogP contribution in [0.1, 0.15) is 31.2 Å². The molecule has 3 heterocycles. The summed E-state index contributed by atoms with van der Waals surface area (Å²) in [7, 11) is 0.0942. The minimum absolute atomic E-state index is 0.0705. The molecule has 0 atom stereocenters. The highest BCUT2D eigenvalue weighted by Gasteiger charge is 2.18. The predicted octanol–water partition coefficient (Wildman–Crippen LogP) is 4.72. The maximum absolute atomic E-state index is 14.1. The van der Waals surface area contributed by atoms with Gasteiger partial charge in [0.15, 0.2) is 6.61 Å². The smallest absolute Gasteiger partial charge is 0.258 e. The van der Waals surface area contributed by atoms with Crippen LogP contribution in [0.4, 0.5) is 21.6 Å². The van der Waals surface area contributed by atoms with Gasteiger partial charge >= 0.3 is 0 Å². The van der Waals surface area contributed by atoms with Crippen LogP contribution in [-0.2, 0) is 20.2 Å². The van der Waals surface area contributed by atoms with Crippen LogP contribution in [0.5, 0.6) is 5.75 Å². The Morgan fingerprint density at radius 2 is 2.00 bits per heavy atom. The van der Waals surface area contributed by atoms with E-state index in [2.05, 4.69) is 26.7 Å². The highest BCUT2D eigenvalue weighted by molar-refractivity contribution is 7.87. The van der Waals surface area contributed by atoms with Gasteiger partial charge < -0.3 is 20.1 Å². The van der Waals surface area contributed by atoms with E-state index in [1.165, 1.54) is 31.3 Å². The highest BCUT2D eigenvalue weighted by atomic mass is 32.2. The Morgan fingerprint density at radius 1 is 1.19 bits per heavy atom. The number of aryl methyl sites for hydroxylation is 1. The first-order valence-electron chi connectivity index (χ1n) is 12.3. The van der Waals surface area contributed by atoms with Gasteiger partial charge in [-0.05, 0) is 62.4 Å². The molecule has 2 fully saturated rings. The number of nitrogens with one attached hydrogen (secondary N) is 2. The molecular formula is C26H30FN5O3S. The van der Waals surface area contributed by atoms with Crippen molar-refractivity contribution in [2.45, 2.75) is 38.6 Å². The highest BCUT2D eigenvalue weighted by Crippen LogP contribution is 2.34. The molecule has 0 unspecified atom stereocenters. The van der Waals surface area contributed by atoms with Gasteiger partial charge in [0.25, 0.3) is 5.91 Å². The minimum Gasteiger partial charge on any atom is -0.481 e. The molecule has 2 N–H and O–H groups in total. The van der Waals surface area contributed by atoms with Gasteiger partial charge in [-0.3, -0.25) is 4.79 Å². The number of amides is 1. The summed E-state index contributed by atoms with van der Waals surface area (Å²) in [6.45, 7) is 3.06. The summed E-state index contributed by atoms with van der Waals surface area (Å²) >= 11 is 0. The zero-order chi connectivity index (χ0) is 24.9. The summed E-state index contributed by atoms with van der Waals surface area (Å²) in [6.07, 6.45) is 5.53. The van der Waals surface area contributed by atoms with E-state index in [1.807, 2.05) is 13.0 Å². The monoisotopic (exact) mass is 511 g/mol. The third-order valence-electron chi connectivity index (χ3n) is 6.31. The Hall–Kier alpha value is -3.11. The molecule has 2 saturated heterocycles. The molecule has 3 aromatic rings. The second-order valence-electron chi connectivity index (χ2n) is 9.06. The van der Waals surface area contributed by atoms with Gasteiger partial charge in [-0.15, -0.1) is 0 Å². The lowest BCUT2D eigenvalue weighted by atomic mass is 10.1. The normalized spacial score (nSPS) is 16.7. The van der Waals surface area contributed by atoms with E-state index < -0.39 is 5.82 Å². The molecule has 0 aliphatic carbocycles.